The number of benzene rings is 2. The molecule has 7 heteroatoms. The zero-order valence-corrected chi connectivity index (χ0v) is 14.8. The molecule has 0 radical (unpaired) electrons. The Kier molecular flexibility index (Phi) is 6.39. The Hall–Kier alpha value is -3.53. The third kappa shape index (κ3) is 4.55. The second-order valence-electron chi connectivity index (χ2n) is 5.63. The summed E-state index contributed by atoms with van der Waals surface area (Å²) in [5.41, 5.74) is 1.46. The van der Waals surface area contributed by atoms with Gasteiger partial charge in [0.15, 0.2) is 11.7 Å². The lowest BCUT2D eigenvalue weighted by atomic mass is 9.98. The molecule has 0 heterocycles. The van der Waals surface area contributed by atoms with E-state index < -0.39 is 29.4 Å². The Labute approximate surface area is 155 Å². The zero-order chi connectivity index (χ0) is 20.0. The number of nitrogens with zero attached hydrogens (tertiary/aromatic N) is 1. The van der Waals surface area contributed by atoms with Gasteiger partial charge in [-0.2, -0.15) is 5.26 Å². The summed E-state index contributed by atoms with van der Waals surface area (Å²) in [5, 5.41) is 11.5. The van der Waals surface area contributed by atoms with Gasteiger partial charge in [0.05, 0.1) is 18.7 Å². The number of rotatable bonds is 6. The molecule has 1 unspecified atom stereocenters. The van der Waals surface area contributed by atoms with Crippen LogP contribution in [0.15, 0.2) is 42.5 Å². The molecule has 0 saturated heterocycles. The van der Waals surface area contributed by atoms with Crippen LogP contribution in [0.4, 0.5) is 10.1 Å². The topological polar surface area (TPSA) is 96.3 Å². The summed E-state index contributed by atoms with van der Waals surface area (Å²) in [7, 11) is 1.22. The number of nitriles is 1. The smallest absolute Gasteiger partial charge is 0.338 e. The average molecular weight is 368 g/mol. The van der Waals surface area contributed by atoms with Crippen molar-refractivity contribution in [2.24, 2.45) is 5.92 Å². The van der Waals surface area contributed by atoms with Crippen LogP contribution in [0.5, 0.6) is 0 Å². The molecule has 0 aliphatic carbocycles. The maximum absolute atomic E-state index is 13.1. The van der Waals surface area contributed by atoms with Crippen molar-refractivity contribution in [3.63, 3.8) is 0 Å². The van der Waals surface area contributed by atoms with E-state index in [0.29, 0.717) is 11.1 Å². The first-order valence-corrected chi connectivity index (χ1v) is 8.12. The number of Topliss-reactive ketones (excluding diaryl/α,β-unsaturated/α-hetero) is 1. The van der Waals surface area contributed by atoms with Gasteiger partial charge in [-0.25, -0.2) is 9.18 Å². The Bertz CT molecular complexity index is 917. The molecule has 1 atom stereocenters. The fraction of sp³-hybridized carbons (Fsp3) is 0.200. The lowest BCUT2D eigenvalue weighted by Crippen LogP contribution is -2.28. The van der Waals surface area contributed by atoms with Crippen LogP contribution >= 0.6 is 0 Å². The van der Waals surface area contributed by atoms with Gasteiger partial charge < -0.3 is 10.1 Å². The summed E-state index contributed by atoms with van der Waals surface area (Å²) >= 11 is 0. The van der Waals surface area contributed by atoms with E-state index in [0.717, 1.165) is 0 Å². The number of anilines is 1. The van der Waals surface area contributed by atoms with Gasteiger partial charge in [0, 0.05) is 12.1 Å². The largest absolute Gasteiger partial charge is 0.465 e. The van der Waals surface area contributed by atoms with E-state index in [1.807, 2.05) is 0 Å². The Morgan fingerprint density at radius 1 is 1.19 bits per heavy atom. The summed E-state index contributed by atoms with van der Waals surface area (Å²) in [6.07, 6.45) is 0.0581. The van der Waals surface area contributed by atoms with Gasteiger partial charge in [-0.05, 0) is 35.4 Å². The van der Waals surface area contributed by atoms with Crippen molar-refractivity contribution in [1.82, 2.24) is 0 Å². The molecule has 0 aromatic heterocycles. The third-order valence-corrected chi connectivity index (χ3v) is 3.91. The number of nitrogens with one attached hydrogen (secondary N) is 1. The molecule has 6 nitrogen and oxygen atoms in total. The first-order chi connectivity index (χ1) is 12.9. The first-order valence-electron chi connectivity index (χ1n) is 8.12. The second-order valence-corrected chi connectivity index (χ2v) is 5.63. The second kappa shape index (κ2) is 8.72. The van der Waals surface area contributed by atoms with Crippen LogP contribution in [0, 0.1) is 23.1 Å². The first kappa shape index (κ1) is 19.8. The summed E-state index contributed by atoms with van der Waals surface area (Å²) in [6, 6.07) is 11.7. The van der Waals surface area contributed by atoms with Crippen molar-refractivity contribution in [1.29, 1.82) is 5.26 Å². The standard InChI is InChI=1S/C20H17FN2O4/c1-3-18(24)17(11-22)19(25)23-14-8-9-15(16(10-14)20(26)27-2)12-4-6-13(21)7-5-12/h4-10,17H,3H2,1-2H3,(H,23,25). The number of carbonyl (C=O) groups excluding carboxylic acids is 3. The van der Waals surface area contributed by atoms with Crippen molar-refractivity contribution in [2.75, 3.05) is 12.4 Å². The van der Waals surface area contributed by atoms with Gasteiger partial charge in [-0.1, -0.05) is 25.1 Å². The molecule has 1 N–H and O–H groups in total. The van der Waals surface area contributed by atoms with Crippen molar-refractivity contribution < 1.29 is 23.5 Å². The van der Waals surface area contributed by atoms with E-state index in [2.05, 4.69) is 5.32 Å². The fourth-order valence-corrected chi connectivity index (χ4v) is 2.48. The maximum atomic E-state index is 13.1. The molecule has 0 aliphatic heterocycles. The number of amides is 1. The number of carbonyl (C=O) groups is 3. The predicted octanol–water partition coefficient (Wildman–Crippen LogP) is 3.34. The molecule has 138 valence electrons. The van der Waals surface area contributed by atoms with Crippen LogP contribution < -0.4 is 5.32 Å². The quantitative estimate of drug-likeness (QED) is 0.623. The normalized spacial score (nSPS) is 11.2. The minimum Gasteiger partial charge on any atom is -0.465 e. The number of ether oxygens (including phenoxy) is 1. The van der Waals surface area contributed by atoms with Crippen LogP contribution in [0.3, 0.4) is 0 Å². The minimum atomic E-state index is -1.42. The lowest BCUT2D eigenvalue weighted by molar-refractivity contribution is -0.128. The van der Waals surface area contributed by atoms with E-state index in [1.165, 1.54) is 43.5 Å². The van der Waals surface area contributed by atoms with Crippen LogP contribution in [0.2, 0.25) is 0 Å². The van der Waals surface area contributed by atoms with E-state index in [9.17, 15) is 18.8 Å². The monoisotopic (exact) mass is 368 g/mol. The van der Waals surface area contributed by atoms with Crippen molar-refractivity contribution >= 4 is 23.3 Å². The zero-order valence-electron chi connectivity index (χ0n) is 14.8. The van der Waals surface area contributed by atoms with E-state index in [-0.39, 0.29) is 17.7 Å². The SMILES string of the molecule is CCC(=O)C(C#N)C(=O)Nc1ccc(-c2ccc(F)cc2)c(C(=O)OC)c1. The number of halogens is 1. The van der Waals surface area contributed by atoms with Gasteiger partial charge in [-0.15, -0.1) is 0 Å². The molecule has 0 spiro atoms. The Morgan fingerprint density at radius 3 is 2.41 bits per heavy atom. The van der Waals surface area contributed by atoms with Crippen LogP contribution in [0.1, 0.15) is 23.7 Å². The third-order valence-electron chi connectivity index (χ3n) is 3.91. The fourth-order valence-electron chi connectivity index (χ4n) is 2.48. The highest BCUT2D eigenvalue weighted by Crippen LogP contribution is 2.28. The Balaban J connectivity index is 2.39. The molecule has 0 saturated carbocycles. The molecule has 0 fully saturated rings. The minimum absolute atomic E-state index is 0.0581. The molecule has 0 aliphatic rings. The molecule has 1 amide bonds. The number of ketones is 1. The molecule has 2 rings (SSSR count). The van der Waals surface area contributed by atoms with Gasteiger partial charge >= 0.3 is 5.97 Å². The molecule has 2 aromatic carbocycles. The molecular weight excluding hydrogens is 351 g/mol. The average Bonchev–Trinajstić information content (AvgIpc) is 2.68. The number of esters is 1. The van der Waals surface area contributed by atoms with Crippen LogP contribution in [-0.2, 0) is 14.3 Å². The number of hydrogen-bond acceptors (Lipinski definition) is 5. The van der Waals surface area contributed by atoms with Gasteiger partial charge in [0.25, 0.3) is 0 Å². The summed E-state index contributed by atoms with van der Waals surface area (Å²) in [5.74, 6) is -3.74. The van der Waals surface area contributed by atoms with Crippen molar-refractivity contribution in [3.05, 3.63) is 53.8 Å². The highest BCUT2D eigenvalue weighted by Gasteiger charge is 2.25. The van der Waals surface area contributed by atoms with E-state index in [4.69, 9.17) is 10.00 Å². The predicted molar refractivity (Wildman–Crippen MR) is 96.2 cm³/mol. The highest BCUT2D eigenvalue weighted by atomic mass is 19.1. The van der Waals surface area contributed by atoms with Crippen LogP contribution in [0.25, 0.3) is 11.1 Å². The number of hydrogen-bond donors (Lipinski definition) is 1. The van der Waals surface area contributed by atoms with Gasteiger partial charge in [0.1, 0.15) is 5.82 Å². The number of methoxy groups -OCH3 is 1. The lowest BCUT2D eigenvalue weighted by Gasteiger charge is -2.13. The van der Waals surface area contributed by atoms with Crippen LogP contribution in [-0.4, -0.2) is 24.8 Å². The van der Waals surface area contributed by atoms with Crippen molar-refractivity contribution in [2.45, 2.75) is 13.3 Å². The summed E-state index contributed by atoms with van der Waals surface area (Å²) in [4.78, 5) is 36.0. The highest BCUT2D eigenvalue weighted by molar-refractivity contribution is 6.10. The van der Waals surface area contributed by atoms with E-state index >= 15 is 0 Å². The molecule has 27 heavy (non-hydrogen) atoms. The van der Waals surface area contributed by atoms with Gasteiger partial charge in [-0.3, -0.25) is 9.59 Å². The maximum Gasteiger partial charge on any atom is 0.338 e. The molecule has 0 bridgehead atoms. The summed E-state index contributed by atoms with van der Waals surface area (Å²) < 4.78 is 17.9. The molecule has 2 aromatic rings. The van der Waals surface area contributed by atoms with Crippen molar-refractivity contribution in [3.8, 4) is 17.2 Å². The Morgan fingerprint density at radius 2 is 1.85 bits per heavy atom. The van der Waals surface area contributed by atoms with Gasteiger partial charge in [0.2, 0.25) is 5.91 Å². The summed E-state index contributed by atoms with van der Waals surface area (Å²) in [6.45, 7) is 1.56. The van der Waals surface area contributed by atoms with E-state index in [1.54, 1.807) is 19.1 Å². The molecular formula is C20H17FN2O4.